The number of hydroxylamine groups is 1. The Bertz CT molecular complexity index is 1000. The molecule has 0 aliphatic carbocycles. The Morgan fingerprint density at radius 3 is 2.35 bits per heavy atom. The minimum atomic E-state index is -0.501. The van der Waals surface area contributed by atoms with Crippen molar-refractivity contribution in [2.24, 2.45) is 0 Å². The van der Waals surface area contributed by atoms with Crippen molar-refractivity contribution in [1.82, 2.24) is 0 Å². The molecule has 4 aromatic rings. The highest BCUT2D eigenvalue weighted by atomic mass is 16.5. The minimum absolute atomic E-state index is 0.326. The van der Waals surface area contributed by atoms with Crippen molar-refractivity contribution in [3.63, 3.8) is 0 Å². The van der Waals surface area contributed by atoms with Gasteiger partial charge in [0.05, 0.1) is 0 Å². The molecule has 0 spiro atoms. The van der Waals surface area contributed by atoms with Crippen LogP contribution < -0.4 is 5.06 Å². The van der Waals surface area contributed by atoms with Crippen LogP contribution in [0.1, 0.15) is 10.4 Å². The quantitative estimate of drug-likeness (QED) is 0.434. The molecule has 4 heteroatoms. The second-order valence-electron chi connectivity index (χ2n) is 5.24. The molecule has 0 aliphatic rings. The lowest BCUT2D eigenvalue weighted by Gasteiger charge is -2.15. The van der Waals surface area contributed by atoms with Gasteiger partial charge < -0.3 is 4.42 Å². The first-order chi connectivity index (χ1) is 11.3. The van der Waals surface area contributed by atoms with E-state index < -0.39 is 5.91 Å². The van der Waals surface area contributed by atoms with Crippen LogP contribution in [0.5, 0.6) is 0 Å². The average molecular weight is 303 g/mol. The van der Waals surface area contributed by atoms with E-state index in [0.29, 0.717) is 21.9 Å². The van der Waals surface area contributed by atoms with E-state index >= 15 is 0 Å². The number of amides is 1. The Kier molecular flexibility index (Phi) is 3.10. The lowest BCUT2D eigenvalue weighted by Crippen LogP contribution is -2.26. The first-order valence-electron chi connectivity index (χ1n) is 7.24. The zero-order valence-corrected chi connectivity index (χ0v) is 12.1. The average Bonchev–Trinajstić information content (AvgIpc) is 3.00. The second-order valence-corrected chi connectivity index (χ2v) is 5.24. The number of anilines is 1. The van der Waals surface area contributed by atoms with Gasteiger partial charge in [-0.25, -0.2) is 0 Å². The topological polar surface area (TPSA) is 53.7 Å². The van der Waals surface area contributed by atoms with Crippen LogP contribution in [-0.4, -0.2) is 11.1 Å². The molecule has 1 aromatic heterocycles. The van der Waals surface area contributed by atoms with Gasteiger partial charge in [0, 0.05) is 16.3 Å². The van der Waals surface area contributed by atoms with Crippen LogP contribution in [0.15, 0.2) is 77.2 Å². The van der Waals surface area contributed by atoms with Crippen LogP contribution in [0, 0.1) is 0 Å². The third kappa shape index (κ3) is 2.17. The van der Waals surface area contributed by atoms with E-state index in [9.17, 15) is 10.0 Å². The fraction of sp³-hybridized carbons (Fsp3) is 0. The molecule has 23 heavy (non-hydrogen) atoms. The molecule has 112 valence electrons. The van der Waals surface area contributed by atoms with E-state index in [1.807, 2.05) is 36.4 Å². The van der Waals surface area contributed by atoms with Crippen LogP contribution in [0.4, 0.5) is 5.69 Å². The highest BCUT2D eigenvalue weighted by molar-refractivity contribution is 6.13. The number of carbonyl (C=O) groups excluding carboxylic acids is 1. The van der Waals surface area contributed by atoms with Crippen LogP contribution in [-0.2, 0) is 0 Å². The maximum Gasteiger partial charge on any atom is 0.282 e. The SMILES string of the molecule is O=C(c1ccccc1)N(O)c1cccc2c1oc1ccccc12. The summed E-state index contributed by atoms with van der Waals surface area (Å²) in [6, 6.07) is 21.6. The van der Waals surface area contributed by atoms with Crippen molar-refractivity contribution in [2.75, 3.05) is 5.06 Å². The van der Waals surface area contributed by atoms with Gasteiger partial charge in [-0.15, -0.1) is 0 Å². The lowest BCUT2D eigenvalue weighted by atomic mass is 10.1. The summed E-state index contributed by atoms with van der Waals surface area (Å²) in [5.41, 5.74) is 1.94. The van der Waals surface area contributed by atoms with Crippen molar-refractivity contribution in [3.05, 3.63) is 78.4 Å². The van der Waals surface area contributed by atoms with E-state index in [-0.39, 0.29) is 0 Å². The number of para-hydroxylation sites is 2. The molecule has 0 radical (unpaired) electrons. The van der Waals surface area contributed by atoms with Gasteiger partial charge in [0.1, 0.15) is 11.3 Å². The Morgan fingerprint density at radius 2 is 1.52 bits per heavy atom. The molecular formula is C19H13NO3. The number of hydrogen-bond donors (Lipinski definition) is 1. The van der Waals surface area contributed by atoms with Gasteiger partial charge in [0.15, 0.2) is 5.58 Å². The van der Waals surface area contributed by atoms with Gasteiger partial charge in [0.25, 0.3) is 5.91 Å². The molecule has 0 fully saturated rings. The summed E-state index contributed by atoms with van der Waals surface area (Å²) < 4.78 is 5.84. The zero-order valence-electron chi connectivity index (χ0n) is 12.1. The van der Waals surface area contributed by atoms with E-state index in [1.165, 1.54) is 0 Å². The maximum absolute atomic E-state index is 12.4. The summed E-state index contributed by atoms with van der Waals surface area (Å²) in [5.74, 6) is -0.501. The Hall–Kier alpha value is -3.11. The molecule has 0 aliphatic heterocycles. The Morgan fingerprint density at radius 1 is 0.826 bits per heavy atom. The number of hydrogen-bond acceptors (Lipinski definition) is 3. The number of carbonyl (C=O) groups is 1. The van der Waals surface area contributed by atoms with Crippen molar-refractivity contribution < 1.29 is 14.4 Å². The van der Waals surface area contributed by atoms with Crippen molar-refractivity contribution >= 4 is 33.5 Å². The number of fused-ring (bicyclic) bond motifs is 3. The molecule has 4 nitrogen and oxygen atoms in total. The molecule has 0 saturated heterocycles. The Balaban J connectivity index is 1.87. The first kappa shape index (κ1) is 13.5. The molecule has 0 saturated carbocycles. The normalized spacial score (nSPS) is 11.0. The maximum atomic E-state index is 12.4. The van der Waals surface area contributed by atoms with E-state index in [4.69, 9.17) is 4.42 Å². The minimum Gasteiger partial charge on any atom is -0.454 e. The highest BCUT2D eigenvalue weighted by Crippen LogP contribution is 2.34. The number of furan rings is 1. The smallest absolute Gasteiger partial charge is 0.282 e. The summed E-state index contributed by atoms with van der Waals surface area (Å²) in [7, 11) is 0. The third-order valence-corrected chi connectivity index (χ3v) is 3.82. The summed E-state index contributed by atoms with van der Waals surface area (Å²) in [6.07, 6.45) is 0. The molecule has 3 aromatic carbocycles. The molecule has 0 bridgehead atoms. The van der Waals surface area contributed by atoms with Gasteiger partial charge in [-0.05, 0) is 24.3 Å². The molecule has 4 rings (SSSR count). The predicted octanol–water partition coefficient (Wildman–Crippen LogP) is 4.62. The van der Waals surface area contributed by atoms with E-state index in [2.05, 4.69) is 0 Å². The van der Waals surface area contributed by atoms with Gasteiger partial charge in [-0.2, -0.15) is 5.06 Å². The second kappa shape index (κ2) is 5.26. The standard InChI is InChI=1S/C19H13NO3/c21-19(13-7-2-1-3-8-13)20(22)16-11-6-10-15-14-9-4-5-12-17(14)23-18(15)16/h1-12,22H. The number of nitrogens with zero attached hydrogens (tertiary/aromatic N) is 1. The van der Waals surface area contributed by atoms with Gasteiger partial charge in [0.2, 0.25) is 0 Å². The van der Waals surface area contributed by atoms with Gasteiger partial charge in [-0.1, -0.05) is 48.5 Å². The van der Waals surface area contributed by atoms with E-state index in [1.54, 1.807) is 36.4 Å². The predicted molar refractivity (Wildman–Crippen MR) is 88.8 cm³/mol. The molecular weight excluding hydrogens is 290 g/mol. The number of rotatable bonds is 2. The summed E-state index contributed by atoms with van der Waals surface area (Å²) in [6.45, 7) is 0. The monoisotopic (exact) mass is 303 g/mol. The third-order valence-electron chi connectivity index (χ3n) is 3.82. The van der Waals surface area contributed by atoms with Gasteiger partial charge in [-0.3, -0.25) is 10.0 Å². The van der Waals surface area contributed by atoms with Crippen LogP contribution in [0.25, 0.3) is 21.9 Å². The molecule has 0 unspecified atom stereocenters. The fourth-order valence-corrected chi connectivity index (χ4v) is 2.71. The first-order valence-corrected chi connectivity index (χ1v) is 7.24. The van der Waals surface area contributed by atoms with Crippen molar-refractivity contribution in [3.8, 4) is 0 Å². The van der Waals surface area contributed by atoms with Crippen molar-refractivity contribution in [2.45, 2.75) is 0 Å². The molecule has 1 N–H and O–H groups in total. The molecule has 1 amide bonds. The summed E-state index contributed by atoms with van der Waals surface area (Å²) >= 11 is 0. The molecule has 1 heterocycles. The lowest BCUT2D eigenvalue weighted by molar-refractivity contribution is 0.0855. The van der Waals surface area contributed by atoms with Crippen LogP contribution in [0.2, 0.25) is 0 Å². The molecule has 0 atom stereocenters. The van der Waals surface area contributed by atoms with Crippen LogP contribution >= 0.6 is 0 Å². The summed E-state index contributed by atoms with van der Waals surface area (Å²) in [4.78, 5) is 12.4. The number of benzene rings is 3. The van der Waals surface area contributed by atoms with Crippen molar-refractivity contribution in [1.29, 1.82) is 0 Å². The zero-order chi connectivity index (χ0) is 15.8. The van der Waals surface area contributed by atoms with Gasteiger partial charge >= 0.3 is 0 Å². The summed E-state index contributed by atoms with van der Waals surface area (Å²) in [5, 5.41) is 12.8. The largest absolute Gasteiger partial charge is 0.454 e. The van der Waals surface area contributed by atoms with E-state index in [0.717, 1.165) is 16.4 Å². The highest BCUT2D eigenvalue weighted by Gasteiger charge is 2.20. The Labute approximate surface area is 132 Å². The fourth-order valence-electron chi connectivity index (χ4n) is 2.71. The van der Waals surface area contributed by atoms with Crippen LogP contribution in [0.3, 0.4) is 0 Å².